The van der Waals surface area contributed by atoms with Gasteiger partial charge < -0.3 is 18.9 Å². The molecule has 0 unspecified atom stereocenters. The van der Waals surface area contributed by atoms with Crippen LogP contribution in [0.5, 0.6) is 0 Å². The topological polar surface area (TPSA) is 49.8 Å². The number of aryl methyl sites for hydroxylation is 2. The van der Waals surface area contributed by atoms with E-state index in [-0.39, 0.29) is 8.41 Å². The molecular formula is C13H26BNO4S. The lowest BCUT2D eigenvalue weighted by molar-refractivity contribution is 0.00113. The van der Waals surface area contributed by atoms with Crippen LogP contribution in [0.4, 0.5) is 0 Å². The highest BCUT2D eigenvalue weighted by Crippen LogP contribution is 2.17. The van der Waals surface area contributed by atoms with E-state index in [1.54, 1.807) is 18.4 Å². The van der Waals surface area contributed by atoms with E-state index in [9.17, 15) is 0 Å². The summed E-state index contributed by atoms with van der Waals surface area (Å²) in [7, 11) is 1.66. The van der Waals surface area contributed by atoms with Gasteiger partial charge in [0.15, 0.2) is 0 Å². The number of thiazole rings is 1. The molecule has 1 rings (SSSR count). The predicted molar refractivity (Wildman–Crippen MR) is 84.7 cm³/mol. The maximum absolute atomic E-state index is 5.54. The van der Waals surface area contributed by atoms with Gasteiger partial charge in [-0.15, -0.1) is 11.3 Å². The minimum Gasteiger partial charge on any atom is -0.382 e. The van der Waals surface area contributed by atoms with Gasteiger partial charge in [0.25, 0.3) is 0 Å². The zero-order chi connectivity index (χ0) is 13.9. The van der Waals surface area contributed by atoms with Crippen LogP contribution in [0.1, 0.15) is 15.6 Å². The second-order valence-electron chi connectivity index (χ2n) is 4.01. The molecule has 1 heterocycles. The number of methoxy groups -OCH3 is 1. The van der Waals surface area contributed by atoms with Crippen LogP contribution < -0.4 is 0 Å². The summed E-state index contributed by atoms with van der Waals surface area (Å²) in [5.41, 5.74) is 1.06. The van der Waals surface area contributed by atoms with Gasteiger partial charge in [-0.05, 0) is 13.8 Å². The molecule has 20 heavy (non-hydrogen) atoms. The first-order chi connectivity index (χ1) is 9.24. The molecule has 0 atom stereocenters. The zero-order valence-electron chi connectivity index (χ0n) is 11.9. The van der Waals surface area contributed by atoms with Crippen molar-refractivity contribution in [2.24, 2.45) is 0 Å². The summed E-state index contributed by atoms with van der Waals surface area (Å²) in [6, 6.07) is 0. The van der Waals surface area contributed by atoms with Gasteiger partial charge >= 0.3 is 0 Å². The molecule has 7 heteroatoms. The molecule has 0 amide bonds. The summed E-state index contributed by atoms with van der Waals surface area (Å²) in [6.45, 7) is 8.23. The van der Waals surface area contributed by atoms with Gasteiger partial charge in [0.2, 0.25) is 0 Å². The Morgan fingerprint density at radius 3 is 1.95 bits per heavy atom. The molecule has 0 aromatic carbocycles. The van der Waals surface area contributed by atoms with Crippen molar-refractivity contribution in [1.82, 2.24) is 4.98 Å². The number of hydrogen-bond donors (Lipinski definition) is 0. The van der Waals surface area contributed by atoms with Crippen LogP contribution in [0, 0.1) is 13.8 Å². The second-order valence-corrected chi connectivity index (χ2v) is 5.30. The van der Waals surface area contributed by atoms with Crippen LogP contribution in [0.2, 0.25) is 0 Å². The van der Waals surface area contributed by atoms with E-state index in [2.05, 4.69) is 4.98 Å². The Balaban J connectivity index is 0.00000361. The maximum atomic E-state index is 5.54. The van der Waals surface area contributed by atoms with Gasteiger partial charge in [-0.1, -0.05) is 0 Å². The molecule has 0 N–H and O–H groups in total. The highest BCUT2D eigenvalue weighted by Gasteiger charge is 2.04. The van der Waals surface area contributed by atoms with Crippen LogP contribution in [-0.2, 0) is 25.6 Å². The quantitative estimate of drug-likeness (QED) is 0.446. The molecule has 1 aromatic heterocycles. The van der Waals surface area contributed by atoms with Gasteiger partial charge in [-0.2, -0.15) is 0 Å². The van der Waals surface area contributed by atoms with Crippen molar-refractivity contribution >= 4 is 19.7 Å². The molecule has 0 bridgehead atoms. The van der Waals surface area contributed by atoms with Crippen molar-refractivity contribution in [2.75, 3.05) is 46.8 Å². The number of ether oxygens (including phenoxy) is 4. The fourth-order valence-corrected chi connectivity index (χ4v) is 2.33. The standard InChI is InChI=1S/C13H23NO4S.BH3/c1-11-13(19-12(2)14-11)10-18-9-8-17-7-6-16-5-4-15-3;/h4-10H2,1-3H3;1H3. The first-order valence-corrected chi connectivity index (χ1v) is 7.20. The summed E-state index contributed by atoms with van der Waals surface area (Å²) >= 11 is 1.69. The SMILES string of the molecule is B.COCCOCCOCCOCc1sc(C)nc1C. The molecule has 0 spiro atoms. The van der Waals surface area contributed by atoms with Crippen molar-refractivity contribution in [3.05, 3.63) is 15.6 Å². The Hall–Kier alpha value is -0.465. The average Bonchev–Trinajstić information content (AvgIpc) is 2.70. The van der Waals surface area contributed by atoms with E-state index >= 15 is 0 Å². The average molecular weight is 303 g/mol. The van der Waals surface area contributed by atoms with Crippen LogP contribution in [0.15, 0.2) is 0 Å². The van der Waals surface area contributed by atoms with E-state index in [1.165, 1.54) is 4.88 Å². The molecule has 0 fully saturated rings. The molecule has 0 saturated carbocycles. The molecule has 1 aromatic rings. The van der Waals surface area contributed by atoms with Crippen molar-refractivity contribution in [1.29, 1.82) is 0 Å². The number of rotatable bonds is 11. The van der Waals surface area contributed by atoms with E-state index < -0.39 is 0 Å². The molecule has 0 aliphatic rings. The third-order valence-electron chi connectivity index (χ3n) is 2.41. The van der Waals surface area contributed by atoms with Crippen LogP contribution in [0.3, 0.4) is 0 Å². The van der Waals surface area contributed by atoms with Crippen molar-refractivity contribution in [2.45, 2.75) is 20.5 Å². The van der Waals surface area contributed by atoms with Gasteiger partial charge in [-0.25, -0.2) is 4.98 Å². The third kappa shape index (κ3) is 8.66. The van der Waals surface area contributed by atoms with E-state index in [0.717, 1.165) is 10.7 Å². The minimum atomic E-state index is 0. The van der Waals surface area contributed by atoms with Crippen LogP contribution >= 0.6 is 11.3 Å². The summed E-state index contributed by atoms with van der Waals surface area (Å²) in [6.07, 6.45) is 0. The van der Waals surface area contributed by atoms with E-state index in [0.29, 0.717) is 46.2 Å². The van der Waals surface area contributed by atoms with Crippen molar-refractivity contribution in [3.8, 4) is 0 Å². The van der Waals surface area contributed by atoms with Gasteiger partial charge in [-0.3, -0.25) is 0 Å². The lowest BCUT2D eigenvalue weighted by Crippen LogP contribution is -2.11. The fraction of sp³-hybridized carbons (Fsp3) is 0.769. The molecule has 116 valence electrons. The smallest absolute Gasteiger partial charge is 0.0900 e. The molecule has 0 aliphatic carbocycles. The fourth-order valence-electron chi connectivity index (χ4n) is 1.45. The van der Waals surface area contributed by atoms with Crippen LogP contribution in [-0.4, -0.2) is 60.1 Å². The first-order valence-electron chi connectivity index (χ1n) is 6.39. The van der Waals surface area contributed by atoms with Crippen LogP contribution in [0.25, 0.3) is 0 Å². The Morgan fingerprint density at radius 1 is 0.900 bits per heavy atom. The highest BCUT2D eigenvalue weighted by molar-refractivity contribution is 7.11. The Labute approximate surface area is 127 Å². The number of aromatic nitrogens is 1. The van der Waals surface area contributed by atoms with E-state index in [4.69, 9.17) is 18.9 Å². The Bertz CT molecular complexity index is 349. The minimum absolute atomic E-state index is 0. The predicted octanol–water partition coefficient (Wildman–Crippen LogP) is 0.772. The van der Waals surface area contributed by atoms with E-state index in [1.807, 2.05) is 13.8 Å². The lowest BCUT2D eigenvalue weighted by atomic mass is 10.4. The normalized spacial score (nSPS) is 10.6. The molecule has 5 nitrogen and oxygen atoms in total. The third-order valence-corrected chi connectivity index (χ3v) is 3.45. The second kappa shape index (κ2) is 12.3. The molecule has 0 aliphatic heterocycles. The Morgan fingerprint density at radius 2 is 1.45 bits per heavy atom. The molecule has 0 saturated heterocycles. The Kier molecular flexibility index (Phi) is 12.0. The maximum Gasteiger partial charge on any atom is 0.0900 e. The summed E-state index contributed by atoms with van der Waals surface area (Å²) in [4.78, 5) is 5.55. The summed E-state index contributed by atoms with van der Waals surface area (Å²) in [5.74, 6) is 0. The monoisotopic (exact) mass is 303 g/mol. The van der Waals surface area contributed by atoms with Crippen molar-refractivity contribution in [3.63, 3.8) is 0 Å². The molecule has 0 radical (unpaired) electrons. The first kappa shape index (κ1) is 19.5. The van der Waals surface area contributed by atoms with Crippen molar-refractivity contribution < 1.29 is 18.9 Å². The number of hydrogen-bond acceptors (Lipinski definition) is 6. The summed E-state index contributed by atoms with van der Waals surface area (Å²) in [5, 5.41) is 1.08. The lowest BCUT2D eigenvalue weighted by Gasteiger charge is -2.06. The number of nitrogens with zero attached hydrogens (tertiary/aromatic N) is 1. The molecular weight excluding hydrogens is 277 g/mol. The largest absolute Gasteiger partial charge is 0.382 e. The van der Waals surface area contributed by atoms with Gasteiger partial charge in [0, 0.05) is 7.11 Å². The zero-order valence-corrected chi connectivity index (χ0v) is 12.8. The van der Waals surface area contributed by atoms with Gasteiger partial charge in [0.05, 0.1) is 70.2 Å². The highest BCUT2D eigenvalue weighted by atomic mass is 32.1. The summed E-state index contributed by atoms with van der Waals surface area (Å²) < 4.78 is 21.1. The van der Waals surface area contributed by atoms with Gasteiger partial charge in [0.1, 0.15) is 0 Å².